The van der Waals surface area contributed by atoms with Gasteiger partial charge >= 0.3 is 0 Å². The van der Waals surface area contributed by atoms with E-state index in [-0.39, 0.29) is 11.7 Å². The van der Waals surface area contributed by atoms with Crippen LogP contribution in [0.3, 0.4) is 0 Å². The van der Waals surface area contributed by atoms with Crippen LogP contribution >= 0.6 is 11.8 Å². The van der Waals surface area contributed by atoms with E-state index in [2.05, 4.69) is 60.6 Å². The topological polar surface area (TPSA) is 70.2 Å². The molecule has 0 saturated heterocycles. The number of rotatable bonds is 8. The Kier molecular flexibility index (Phi) is 6.29. The van der Waals surface area contributed by atoms with Crippen molar-refractivity contribution >= 4 is 32.8 Å². The first-order valence-corrected chi connectivity index (χ1v) is 12.0. The minimum Gasteiger partial charge on any atom is -0.361 e. The number of aryl methyl sites for hydroxylation is 1. The number of aromatic amines is 1. The van der Waals surface area contributed by atoms with Crippen molar-refractivity contribution in [3.05, 3.63) is 70.9 Å². The van der Waals surface area contributed by atoms with Gasteiger partial charge in [0.15, 0.2) is 0 Å². The van der Waals surface area contributed by atoms with Crippen molar-refractivity contribution in [2.24, 2.45) is 0 Å². The number of hydrogen-bond donors (Lipinski definition) is 2. The summed E-state index contributed by atoms with van der Waals surface area (Å²) in [5, 5.41) is 1.18. The quantitative estimate of drug-likeness (QED) is 0.511. The number of para-hydroxylation sites is 1. The Hall–Kier alpha value is -1.76. The van der Waals surface area contributed by atoms with E-state index in [0.29, 0.717) is 12.8 Å². The first kappa shape index (κ1) is 20.0. The summed E-state index contributed by atoms with van der Waals surface area (Å²) in [5.41, 5.74) is 5.94. The fourth-order valence-electron chi connectivity index (χ4n) is 3.57. The molecule has 0 aliphatic heterocycles. The summed E-state index contributed by atoms with van der Waals surface area (Å²) in [4.78, 5) is 3.43. The molecule has 2 aromatic carbocycles. The third-order valence-corrected chi connectivity index (χ3v) is 6.29. The van der Waals surface area contributed by atoms with Gasteiger partial charge < -0.3 is 4.98 Å². The normalized spacial score (nSPS) is 13.1. The molecule has 144 valence electrons. The summed E-state index contributed by atoms with van der Waals surface area (Å²) in [6, 6.07) is 14.7. The van der Waals surface area contributed by atoms with Crippen LogP contribution in [0.2, 0.25) is 0 Å². The van der Waals surface area contributed by atoms with Gasteiger partial charge in [0.05, 0.1) is 5.75 Å². The van der Waals surface area contributed by atoms with Gasteiger partial charge in [-0.3, -0.25) is 4.55 Å². The monoisotopic (exact) mass is 403 g/mol. The lowest BCUT2D eigenvalue weighted by molar-refractivity contribution is 0.479. The van der Waals surface area contributed by atoms with Gasteiger partial charge in [-0.25, -0.2) is 0 Å². The maximum absolute atomic E-state index is 11.2. The lowest BCUT2D eigenvalue weighted by Gasteiger charge is -2.17. The molecule has 1 heterocycles. The van der Waals surface area contributed by atoms with Gasteiger partial charge in [-0.15, -0.1) is 0 Å². The van der Waals surface area contributed by atoms with Crippen LogP contribution in [0.5, 0.6) is 0 Å². The highest BCUT2D eigenvalue weighted by atomic mass is 32.2. The third kappa shape index (κ3) is 4.94. The Bertz CT molecular complexity index is 1010. The summed E-state index contributed by atoms with van der Waals surface area (Å²) < 4.78 is 31.4. The zero-order valence-electron chi connectivity index (χ0n) is 15.6. The molecule has 6 heteroatoms. The highest BCUT2D eigenvalue weighted by molar-refractivity contribution is 7.97. The molecule has 1 unspecified atom stereocenters. The Balaban J connectivity index is 2.00. The van der Waals surface area contributed by atoms with Crippen LogP contribution in [0.4, 0.5) is 0 Å². The van der Waals surface area contributed by atoms with Crippen molar-refractivity contribution in [1.82, 2.24) is 4.98 Å². The average Bonchev–Trinajstić information content (AvgIpc) is 3.04. The summed E-state index contributed by atoms with van der Waals surface area (Å²) in [6.07, 6.45) is 5.21. The Morgan fingerprint density at radius 2 is 1.89 bits per heavy atom. The van der Waals surface area contributed by atoms with Gasteiger partial charge in [0.25, 0.3) is 10.1 Å². The van der Waals surface area contributed by atoms with E-state index in [9.17, 15) is 8.42 Å². The van der Waals surface area contributed by atoms with Crippen molar-refractivity contribution < 1.29 is 13.0 Å². The van der Waals surface area contributed by atoms with Crippen molar-refractivity contribution in [2.75, 3.05) is 12.0 Å². The second-order valence-electron chi connectivity index (χ2n) is 6.91. The number of fused-ring (bicyclic) bond motifs is 1. The molecule has 0 fully saturated rings. The largest absolute Gasteiger partial charge is 0.361 e. The summed E-state index contributed by atoms with van der Waals surface area (Å²) in [5.74, 6) is 0.802. The van der Waals surface area contributed by atoms with E-state index < -0.39 is 10.1 Å². The van der Waals surface area contributed by atoms with E-state index in [4.69, 9.17) is 4.55 Å². The molecule has 0 radical (unpaired) electrons. The molecule has 0 spiro atoms. The highest BCUT2D eigenvalue weighted by Crippen LogP contribution is 2.36. The van der Waals surface area contributed by atoms with E-state index in [1.54, 1.807) is 11.8 Å². The number of thioether (sulfide) groups is 1. The first-order chi connectivity index (χ1) is 12.9. The molecule has 0 aliphatic rings. The zero-order valence-corrected chi connectivity index (χ0v) is 17.2. The standard InChI is InChI=1S/C21H25NO3S2/c1-15-8-10-16(11-9-15)18(7-4-12-27(23,24)25)20-13-22-21-17(14-26-2)5-3-6-19(20)21/h3,5-6,8-11,13,18,22H,4,7,12,14H2,1-2H3,(H,23,24,25). The van der Waals surface area contributed by atoms with Crippen molar-refractivity contribution in [2.45, 2.75) is 31.4 Å². The predicted octanol–water partition coefficient (Wildman–Crippen LogP) is 5.14. The molecule has 0 aliphatic carbocycles. The van der Waals surface area contributed by atoms with Crippen LogP contribution in [0.15, 0.2) is 48.7 Å². The van der Waals surface area contributed by atoms with Gasteiger partial charge in [0, 0.05) is 28.8 Å². The minimum atomic E-state index is -3.94. The van der Waals surface area contributed by atoms with Crippen LogP contribution < -0.4 is 0 Å². The summed E-state index contributed by atoms with van der Waals surface area (Å²) in [6.45, 7) is 2.05. The van der Waals surface area contributed by atoms with Crippen LogP contribution in [0.25, 0.3) is 10.9 Å². The average molecular weight is 404 g/mol. The lowest BCUT2D eigenvalue weighted by Crippen LogP contribution is -2.07. The smallest absolute Gasteiger partial charge is 0.264 e. The molecular formula is C21H25NO3S2. The second-order valence-corrected chi connectivity index (χ2v) is 9.35. The zero-order chi connectivity index (χ0) is 19.4. The number of benzene rings is 2. The predicted molar refractivity (Wildman–Crippen MR) is 114 cm³/mol. The fraction of sp³-hybridized carbons (Fsp3) is 0.333. The molecule has 1 aromatic heterocycles. The van der Waals surface area contributed by atoms with Crippen molar-refractivity contribution in [1.29, 1.82) is 0 Å². The maximum atomic E-state index is 11.2. The molecule has 2 N–H and O–H groups in total. The van der Waals surface area contributed by atoms with Gasteiger partial charge in [-0.2, -0.15) is 20.2 Å². The summed E-state index contributed by atoms with van der Waals surface area (Å²) in [7, 11) is -3.94. The molecule has 3 aromatic rings. The fourth-order valence-corrected chi connectivity index (χ4v) is 4.66. The summed E-state index contributed by atoms with van der Waals surface area (Å²) >= 11 is 1.79. The van der Waals surface area contributed by atoms with E-state index in [1.165, 1.54) is 22.1 Å². The Morgan fingerprint density at radius 3 is 2.56 bits per heavy atom. The number of aromatic nitrogens is 1. The van der Waals surface area contributed by atoms with E-state index in [1.807, 2.05) is 6.20 Å². The first-order valence-electron chi connectivity index (χ1n) is 8.98. The highest BCUT2D eigenvalue weighted by Gasteiger charge is 2.20. The van der Waals surface area contributed by atoms with Gasteiger partial charge in [-0.05, 0) is 42.7 Å². The Labute approximate surface area is 165 Å². The molecule has 1 atom stereocenters. The molecule has 0 amide bonds. The van der Waals surface area contributed by atoms with Gasteiger partial charge in [0.1, 0.15) is 0 Å². The lowest BCUT2D eigenvalue weighted by atomic mass is 9.87. The van der Waals surface area contributed by atoms with E-state index >= 15 is 0 Å². The van der Waals surface area contributed by atoms with Crippen molar-refractivity contribution in [3.8, 4) is 0 Å². The van der Waals surface area contributed by atoms with Crippen molar-refractivity contribution in [3.63, 3.8) is 0 Å². The molecule has 4 nitrogen and oxygen atoms in total. The molecule has 3 rings (SSSR count). The molecule has 27 heavy (non-hydrogen) atoms. The van der Waals surface area contributed by atoms with Gasteiger partial charge in [-0.1, -0.05) is 48.0 Å². The number of H-pyrrole nitrogens is 1. The molecule has 0 saturated carbocycles. The van der Waals surface area contributed by atoms with Crippen LogP contribution in [-0.2, 0) is 15.9 Å². The van der Waals surface area contributed by atoms with Gasteiger partial charge in [0.2, 0.25) is 0 Å². The molecular weight excluding hydrogens is 378 g/mol. The third-order valence-electron chi connectivity index (χ3n) is 4.88. The second kappa shape index (κ2) is 8.50. The molecule has 0 bridgehead atoms. The van der Waals surface area contributed by atoms with Crippen LogP contribution in [0, 0.1) is 6.92 Å². The minimum absolute atomic E-state index is 0.0747. The number of hydrogen-bond acceptors (Lipinski definition) is 3. The van der Waals surface area contributed by atoms with Crippen LogP contribution in [-0.4, -0.2) is 30.0 Å². The Morgan fingerprint density at radius 1 is 1.15 bits per heavy atom. The van der Waals surface area contributed by atoms with Crippen LogP contribution in [0.1, 0.15) is 41.0 Å². The maximum Gasteiger partial charge on any atom is 0.264 e. The SMILES string of the molecule is CSCc1cccc2c(C(CCCS(=O)(=O)O)c3ccc(C)cc3)c[nH]c12. The van der Waals surface area contributed by atoms with E-state index in [0.717, 1.165) is 16.8 Å². The number of nitrogens with one attached hydrogen (secondary N) is 1.